The highest BCUT2D eigenvalue weighted by Crippen LogP contribution is 2.10. The largest absolute Gasteiger partial charge is 0.0622 e. The highest BCUT2D eigenvalue weighted by atomic mass is 14.0. The van der Waals surface area contributed by atoms with Crippen LogP contribution in [-0.2, 0) is 12.8 Å². The van der Waals surface area contributed by atoms with E-state index in [0.29, 0.717) is 0 Å². The lowest BCUT2D eigenvalue weighted by atomic mass is 10.0. The van der Waals surface area contributed by atoms with Gasteiger partial charge in [-0.25, -0.2) is 0 Å². The molecule has 0 heterocycles. The second-order valence-electron chi connectivity index (χ2n) is 5.04. The van der Waals surface area contributed by atoms with E-state index in [9.17, 15) is 0 Å². The Hall–Kier alpha value is -1.56. The normalized spacial score (nSPS) is 10.5. The zero-order chi connectivity index (χ0) is 13.2. The maximum atomic E-state index is 2.44. The molecule has 0 spiro atoms. The number of aryl methyl sites for hydroxylation is 2. The van der Waals surface area contributed by atoms with Gasteiger partial charge in [0.05, 0.1) is 0 Å². The Balaban J connectivity index is 1.49. The summed E-state index contributed by atoms with van der Waals surface area (Å²) in [4.78, 5) is 0. The monoisotopic (exact) mass is 251 g/mol. The summed E-state index contributed by atoms with van der Waals surface area (Å²) in [5.74, 6) is 0. The van der Waals surface area contributed by atoms with Crippen LogP contribution < -0.4 is 0 Å². The van der Waals surface area contributed by atoms with Crippen molar-refractivity contribution in [3.05, 3.63) is 78.2 Å². The van der Waals surface area contributed by atoms with Crippen molar-refractivity contribution < 1.29 is 0 Å². The summed E-state index contributed by atoms with van der Waals surface area (Å²) >= 11 is 0. The molecule has 0 aliphatic rings. The first-order valence-corrected chi connectivity index (χ1v) is 7.34. The first-order valence-electron chi connectivity index (χ1n) is 7.34. The SMILES string of the molecule is [CH](CCCCc1ccccc1)CCc1ccccc1. The highest BCUT2D eigenvalue weighted by Gasteiger charge is 1.95. The lowest BCUT2D eigenvalue weighted by molar-refractivity contribution is 0.703. The molecule has 1 radical (unpaired) electrons. The molecule has 0 aliphatic heterocycles. The molecule has 0 N–H and O–H groups in total. The molecule has 0 unspecified atom stereocenters. The van der Waals surface area contributed by atoms with E-state index in [2.05, 4.69) is 67.1 Å². The average Bonchev–Trinajstić information content (AvgIpc) is 2.48. The molecule has 2 aromatic rings. The molecule has 0 saturated carbocycles. The molecule has 19 heavy (non-hydrogen) atoms. The molecule has 0 amide bonds. The van der Waals surface area contributed by atoms with Gasteiger partial charge in [-0.3, -0.25) is 0 Å². The van der Waals surface area contributed by atoms with Crippen molar-refractivity contribution in [1.29, 1.82) is 0 Å². The maximum Gasteiger partial charge on any atom is -0.0276 e. The minimum atomic E-state index is 1.18. The van der Waals surface area contributed by atoms with Crippen molar-refractivity contribution in [2.45, 2.75) is 38.5 Å². The lowest BCUT2D eigenvalue weighted by Gasteiger charge is -2.03. The van der Waals surface area contributed by atoms with Crippen LogP contribution in [-0.4, -0.2) is 0 Å². The van der Waals surface area contributed by atoms with E-state index in [-0.39, 0.29) is 0 Å². The molecule has 0 fully saturated rings. The van der Waals surface area contributed by atoms with Crippen LogP contribution in [0.25, 0.3) is 0 Å². The molecule has 0 heteroatoms. The molecule has 99 valence electrons. The van der Waals surface area contributed by atoms with E-state index < -0.39 is 0 Å². The molecular weight excluding hydrogens is 228 g/mol. The molecule has 0 atom stereocenters. The summed E-state index contributed by atoms with van der Waals surface area (Å²) in [5, 5.41) is 0. The van der Waals surface area contributed by atoms with E-state index in [1.807, 2.05) is 0 Å². The number of rotatable bonds is 8. The molecule has 0 aromatic heterocycles. The van der Waals surface area contributed by atoms with Gasteiger partial charge in [0.1, 0.15) is 0 Å². The van der Waals surface area contributed by atoms with Gasteiger partial charge in [-0.15, -0.1) is 0 Å². The van der Waals surface area contributed by atoms with E-state index in [1.54, 1.807) is 0 Å². The molecule has 0 saturated heterocycles. The van der Waals surface area contributed by atoms with Crippen LogP contribution in [0.1, 0.15) is 36.8 Å². The van der Waals surface area contributed by atoms with Crippen LogP contribution in [0.5, 0.6) is 0 Å². The van der Waals surface area contributed by atoms with Crippen molar-refractivity contribution in [1.82, 2.24) is 0 Å². The smallest absolute Gasteiger partial charge is 0.0276 e. The van der Waals surface area contributed by atoms with Crippen LogP contribution >= 0.6 is 0 Å². The fourth-order valence-electron chi connectivity index (χ4n) is 2.32. The minimum absolute atomic E-state index is 1.18. The van der Waals surface area contributed by atoms with Gasteiger partial charge in [0.25, 0.3) is 0 Å². The lowest BCUT2D eigenvalue weighted by Crippen LogP contribution is -1.88. The summed E-state index contributed by atoms with van der Waals surface area (Å²) in [7, 11) is 0. The van der Waals surface area contributed by atoms with Gasteiger partial charge in [-0.1, -0.05) is 73.5 Å². The summed E-state index contributed by atoms with van der Waals surface area (Å²) < 4.78 is 0. The van der Waals surface area contributed by atoms with E-state index >= 15 is 0 Å². The zero-order valence-electron chi connectivity index (χ0n) is 11.6. The van der Waals surface area contributed by atoms with Crippen LogP contribution in [0.3, 0.4) is 0 Å². The Bertz CT molecular complexity index is 387. The van der Waals surface area contributed by atoms with Gasteiger partial charge in [0.2, 0.25) is 0 Å². The minimum Gasteiger partial charge on any atom is -0.0622 e. The Morgan fingerprint density at radius 1 is 0.579 bits per heavy atom. The van der Waals surface area contributed by atoms with Gasteiger partial charge < -0.3 is 0 Å². The summed E-state index contributed by atoms with van der Waals surface area (Å²) in [6.45, 7) is 0. The van der Waals surface area contributed by atoms with Gasteiger partial charge in [0.15, 0.2) is 0 Å². The van der Waals surface area contributed by atoms with Gasteiger partial charge in [-0.05, 0) is 43.2 Å². The highest BCUT2D eigenvalue weighted by molar-refractivity contribution is 5.15. The maximum absolute atomic E-state index is 2.44. The Morgan fingerprint density at radius 2 is 1.16 bits per heavy atom. The van der Waals surface area contributed by atoms with Crippen molar-refractivity contribution in [3.63, 3.8) is 0 Å². The molecule has 2 aromatic carbocycles. The van der Waals surface area contributed by atoms with Crippen LogP contribution in [0.2, 0.25) is 0 Å². The third-order valence-corrected chi connectivity index (χ3v) is 3.45. The Kier molecular flexibility index (Phi) is 6.22. The van der Waals surface area contributed by atoms with E-state index in [4.69, 9.17) is 0 Å². The van der Waals surface area contributed by atoms with E-state index in [1.165, 1.54) is 49.7 Å². The molecule has 0 bridgehead atoms. The quantitative estimate of drug-likeness (QED) is 0.563. The zero-order valence-corrected chi connectivity index (χ0v) is 11.6. The number of hydrogen-bond acceptors (Lipinski definition) is 0. The standard InChI is InChI=1S/C19H23/c1(2-6-12-18-14-8-4-9-15-18)3-7-13-19-16-10-5-11-17-19/h2,4-5,8-11,14-17H,1,3,6-7,12-13H2. The molecule has 0 aliphatic carbocycles. The molecular formula is C19H23. The average molecular weight is 251 g/mol. The third kappa shape index (κ3) is 5.74. The van der Waals surface area contributed by atoms with Crippen molar-refractivity contribution >= 4 is 0 Å². The first-order chi connectivity index (χ1) is 9.45. The van der Waals surface area contributed by atoms with Gasteiger partial charge in [0, 0.05) is 0 Å². The fourth-order valence-corrected chi connectivity index (χ4v) is 2.32. The number of hydrogen-bond donors (Lipinski definition) is 0. The first kappa shape index (κ1) is 13.9. The summed E-state index contributed by atoms with van der Waals surface area (Å²) in [6.07, 6.45) is 9.90. The predicted octanol–water partition coefficient (Wildman–Crippen LogP) is 5.24. The number of unbranched alkanes of at least 4 members (excludes halogenated alkanes) is 4. The van der Waals surface area contributed by atoms with Gasteiger partial charge in [-0.2, -0.15) is 0 Å². The summed E-state index contributed by atoms with van der Waals surface area (Å²) in [6, 6.07) is 21.5. The second kappa shape index (κ2) is 8.53. The second-order valence-corrected chi connectivity index (χ2v) is 5.04. The van der Waals surface area contributed by atoms with Crippen LogP contribution in [0.15, 0.2) is 60.7 Å². The third-order valence-electron chi connectivity index (χ3n) is 3.45. The van der Waals surface area contributed by atoms with Crippen molar-refractivity contribution in [3.8, 4) is 0 Å². The van der Waals surface area contributed by atoms with Crippen molar-refractivity contribution in [2.75, 3.05) is 0 Å². The van der Waals surface area contributed by atoms with Crippen LogP contribution in [0, 0.1) is 6.42 Å². The summed E-state index contributed by atoms with van der Waals surface area (Å²) in [5.41, 5.74) is 2.91. The van der Waals surface area contributed by atoms with Gasteiger partial charge >= 0.3 is 0 Å². The topological polar surface area (TPSA) is 0 Å². The Labute approximate surface area is 117 Å². The fraction of sp³-hybridized carbons (Fsp3) is 0.316. The number of benzene rings is 2. The van der Waals surface area contributed by atoms with E-state index in [0.717, 1.165) is 0 Å². The molecule has 2 rings (SSSR count). The molecule has 0 nitrogen and oxygen atoms in total. The van der Waals surface area contributed by atoms with Crippen molar-refractivity contribution in [2.24, 2.45) is 0 Å². The Morgan fingerprint density at radius 3 is 1.79 bits per heavy atom. The van der Waals surface area contributed by atoms with Crippen LogP contribution in [0.4, 0.5) is 0 Å². The predicted molar refractivity (Wildman–Crippen MR) is 83.1 cm³/mol.